The van der Waals surface area contributed by atoms with Crippen molar-refractivity contribution < 1.29 is 4.74 Å². The quantitative estimate of drug-likeness (QED) is 0.874. The largest absolute Gasteiger partial charge is 0.369 e. The van der Waals surface area contributed by atoms with E-state index >= 15 is 0 Å². The van der Waals surface area contributed by atoms with Crippen LogP contribution in [0, 0.1) is 5.92 Å². The second-order valence-corrected chi connectivity index (χ2v) is 5.56. The number of hydrogen-bond donors (Lipinski definition) is 1. The number of hydrogen-bond acceptors (Lipinski definition) is 3. The van der Waals surface area contributed by atoms with Crippen LogP contribution >= 0.6 is 0 Å². The van der Waals surface area contributed by atoms with Crippen LogP contribution in [0.5, 0.6) is 0 Å². The van der Waals surface area contributed by atoms with E-state index in [1.54, 1.807) is 0 Å². The fourth-order valence-electron chi connectivity index (χ4n) is 2.59. The van der Waals surface area contributed by atoms with Gasteiger partial charge in [-0.25, -0.2) is 0 Å². The van der Waals surface area contributed by atoms with Crippen LogP contribution in [0.15, 0.2) is 12.4 Å². The molecule has 1 aromatic heterocycles. The second kappa shape index (κ2) is 5.85. The van der Waals surface area contributed by atoms with Crippen LogP contribution in [-0.4, -0.2) is 21.9 Å². The van der Waals surface area contributed by atoms with Gasteiger partial charge in [0, 0.05) is 24.8 Å². The number of nitrogens with two attached hydrogens (primary N) is 1. The standard InChI is InChI=1S/C14H25N3O/c1-3-17-9-13(8-16-17)10-18-14(11-15)6-4-12(2)5-7-14/h8-9,12H,3-7,10-11,15H2,1-2H3. The Bertz CT molecular complexity index is 367. The van der Waals surface area contributed by atoms with Crippen molar-refractivity contribution in [2.75, 3.05) is 6.54 Å². The molecule has 0 bridgehead atoms. The molecular weight excluding hydrogens is 226 g/mol. The summed E-state index contributed by atoms with van der Waals surface area (Å²) in [6, 6.07) is 0. The van der Waals surface area contributed by atoms with E-state index in [-0.39, 0.29) is 5.60 Å². The molecular formula is C14H25N3O. The first-order chi connectivity index (χ1) is 8.67. The Morgan fingerprint density at radius 3 is 2.78 bits per heavy atom. The predicted molar refractivity (Wildman–Crippen MR) is 72.1 cm³/mol. The third kappa shape index (κ3) is 3.12. The lowest BCUT2D eigenvalue weighted by molar-refractivity contribution is -0.0799. The number of aryl methyl sites for hydroxylation is 1. The summed E-state index contributed by atoms with van der Waals surface area (Å²) in [5, 5.41) is 4.26. The van der Waals surface area contributed by atoms with Gasteiger partial charge in [-0.15, -0.1) is 0 Å². The van der Waals surface area contributed by atoms with Crippen molar-refractivity contribution in [1.29, 1.82) is 0 Å². The van der Waals surface area contributed by atoms with Gasteiger partial charge >= 0.3 is 0 Å². The highest BCUT2D eigenvalue weighted by molar-refractivity contribution is 5.02. The van der Waals surface area contributed by atoms with Crippen LogP contribution in [0.3, 0.4) is 0 Å². The van der Waals surface area contributed by atoms with E-state index in [0.29, 0.717) is 13.2 Å². The van der Waals surface area contributed by atoms with Crippen molar-refractivity contribution in [3.63, 3.8) is 0 Å². The van der Waals surface area contributed by atoms with Gasteiger partial charge in [-0.2, -0.15) is 5.10 Å². The first-order valence-electron chi connectivity index (χ1n) is 7.03. The van der Waals surface area contributed by atoms with E-state index in [2.05, 4.69) is 25.1 Å². The van der Waals surface area contributed by atoms with Crippen LogP contribution < -0.4 is 5.73 Å². The minimum atomic E-state index is -0.0964. The fourth-order valence-corrected chi connectivity index (χ4v) is 2.59. The first kappa shape index (κ1) is 13.6. The fraction of sp³-hybridized carbons (Fsp3) is 0.786. The normalized spacial score (nSPS) is 28.5. The molecule has 0 radical (unpaired) electrons. The maximum Gasteiger partial charge on any atom is 0.0808 e. The molecule has 2 rings (SSSR count). The van der Waals surface area contributed by atoms with Gasteiger partial charge in [0.2, 0.25) is 0 Å². The van der Waals surface area contributed by atoms with Crippen molar-refractivity contribution in [2.45, 2.75) is 58.3 Å². The van der Waals surface area contributed by atoms with E-state index in [4.69, 9.17) is 10.5 Å². The molecule has 0 atom stereocenters. The Morgan fingerprint density at radius 1 is 1.50 bits per heavy atom. The minimum absolute atomic E-state index is 0.0964. The number of nitrogens with zero attached hydrogens (tertiary/aromatic N) is 2. The third-order valence-corrected chi connectivity index (χ3v) is 4.11. The Balaban J connectivity index is 1.90. The molecule has 0 aliphatic heterocycles. The summed E-state index contributed by atoms with van der Waals surface area (Å²) in [7, 11) is 0. The van der Waals surface area contributed by atoms with Crippen LogP contribution in [0.25, 0.3) is 0 Å². The van der Waals surface area contributed by atoms with Crippen LogP contribution in [-0.2, 0) is 17.9 Å². The van der Waals surface area contributed by atoms with Crippen molar-refractivity contribution >= 4 is 0 Å². The minimum Gasteiger partial charge on any atom is -0.369 e. The molecule has 4 nitrogen and oxygen atoms in total. The van der Waals surface area contributed by atoms with Gasteiger partial charge < -0.3 is 10.5 Å². The summed E-state index contributed by atoms with van der Waals surface area (Å²) < 4.78 is 8.06. The van der Waals surface area contributed by atoms with Gasteiger partial charge in [0.05, 0.1) is 18.4 Å². The molecule has 1 fully saturated rings. The molecule has 1 aliphatic rings. The maximum atomic E-state index is 6.13. The SMILES string of the molecule is CCn1cc(COC2(CN)CCC(C)CC2)cn1. The highest BCUT2D eigenvalue weighted by atomic mass is 16.5. The van der Waals surface area contributed by atoms with Crippen LogP contribution in [0.2, 0.25) is 0 Å². The highest BCUT2D eigenvalue weighted by Gasteiger charge is 2.33. The molecule has 4 heteroatoms. The molecule has 1 saturated carbocycles. The second-order valence-electron chi connectivity index (χ2n) is 5.56. The third-order valence-electron chi connectivity index (χ3n) is 4.11. The van der Waals surface area contributed by atoms with Gasteiger partial charge in [0.1, 0.15) is 0 Å². The molecule has 102 valence electrons. The van der Waals surface area contributed by atoms with E-state index in [9.17, 15) is 0 Å². The number of ether oxygens (including phenoxy) is 1. The summed E-state index contributed by atoms with van der Waals surface area (Å²) in [6.45, 7) is 6.56. The van der Waals surface area contributed by atoms with Gasteiger partial charge in [0.25, 0.3) is 0 Å². The summed E-state index contributed by atoms with van der Waals surface area (Å²) in [5.41, 5.74) is 6.98. The molecule has 1 aromatic rings. The van der Waals surface area contributed by atoms with Gasteiger partial charge in [-0.1, -0.05) is 6.92 Å². The number of aromatic nitrogens is 2. The number of rotatable bonds is 5. The lowest BCUT2D eigenvalue weighted by atomic mass is 9.79. The van der Waals surface area contributed by atoms with E-state index in [0.717, 1.165) is 30.9 Å². The monoisotopic (exact) mass is 251 g/mol. The zero-order valence-electron chi connectivity index (χ0n) is 11.6. The summed E-state index contributed by atoms with van der Waals surface area (Å²) in [4.78, 5) is 0. The van der Waals surface area contributed by atoms with Crippen molar-refractivity contribution in [2.24, 2.45) is 11.7 Å². The summed E-state index contributed by atoms with van der Waals surface area (Å²) >= 11 is 0. The van der Waals surface area contributed by atoms with Crippen LogP contribution in [0.4, 0.5) is 0 Å². The molecule has 0 amide bonds. The van der Waals surface area contributed by atoms with Gasteiger partial charge in [-0.3, -0.25) is 4.68 Å². The predicted octanol–water partition coefficient (Wildman–Crippen LogP) is 2.33. The smallest absolute Gasteiger partial charge is 0.0808 e. The van der Waals surface area contributed by atoms with Crippen molar-refractivity contribution in [3.8, 4) is 0 Å². The first-order valence-corrected chi connectivity index (χ1v) is 7.03. The van der Waals surface area contributed by atoms with Gasteiger partial charge in [0.15, 0.2) is 0 Å². The zero-order valence-corrected chi connectivity index (χ0v) is 11.6. The molecule has 0 saturated heterocycles. The molecule has 0 spiro atoms. The molecule has 18 heavy (non-hydrogen) atoms. The van der Waals surface area contributed by atoms with E-state index in [1.807, 2.05) is 10.9 Å². The Hall–Kier alpha value is -0.870. The lowest BCUT2D eigenvalue weighted by Crippen LogP contribution is -2.43. The molecule has 1 heterocycles. The van der Waals surface area contributed by atoms with E-state index < -0.39 is 0 Å². The molecule has 2 N–H and O–H groups in total. The van der Waals surface area contributed by atoms with Crippen LogP contribution in [0.1, 0.15) is 45.1 Å². The van der Waals surface area contributed by atoms with Crippen molar-refractivity contribution in [3.05, 3.63) is 18.0 Å². The Labute approximate surface area is 110 Å². The Morgan fingerprint density at radius 2 is 2.22 bits per heavy atom. The zero-order chi connectivity index (χ0) is 13.0. The topological polar surface area (TPSA) is 53.1 Å². The van der Waals surface area contributed by atoms with E-state index in [1.165, 1.54) is 12.8 Å². The average molecular weight is 251 g/mol. The summed E-state index contributed by atoms with van der Waals surface area (Å²) in [5.74, 6) is 0.816. The summed E-state index contributed by atoms with van der Waals surface area (Å²) in [6.07, 6.45) is 8.57. The molecule has 1 aliphatic carbocycles. The molecule has 0 aromatic carbocycles. The lowest BCUT2D eigenvalue weighted by Gasteiger charge is -2.38. The van der Waals surface area contributed by atoms with Crippen molar-refractivity contribution in [1.82, 2.24) is 9.78 Å². The van der Waals surface area contributed by atoms with Gasteiger partial charge in [-0.05, 0) is 38.5 Å². The average Bonchev–Trinajstić information content (AvgIpc) is 2.87. The highest BCUT2D eigenvalue weighted by Crippen LogP contribution is 2.34. The maximum absolute atomic E-state index is 6.13. The molecule has 0 unspecified atom stereocenters. The Kier molecular flexibility index (Phi) is 4.40.